The van der Waals surface area contributed by atoms with E-state index in [4.69, 9.17) is 0 Å². The molecule has 0 aliphatic heterocycles. The van der Waals surface area contributed by atoms with Crippen molar-refractivity contribution in [3.63, 3.8) is 0 Å². The van der Waals surface area contributed by atoms with Crippen LogP contribution in [0.1, 0.15) is 41.7 Å². The van der Waals surface area contributed by atoms with Crippen molar-refractivity contribution in [1.82, 2.24) is 10.2 Å². The number of carbonyl (C=O) groups is 2. The zero-order chi connectivity index (χ0) is 21.4. The third kappa shape index (κ3) is 7.24. The van der Waals surface area contributed by atoms with Gasteiger partial charge in [0.05, 0.1) is 5.75 Å². The van der Waals surface area contributed by atoms with Gasteiger partial charge in [0.25, 0.3) is 0 Å². The Morgan fingerprint density at radius 1 is 1.00 bits per heavy atom. The minimum Gasteiger partial charge on any atom is -0.355 e. The Labute approximate surface area is 179 Å². The second-order valence-electron chi connectivity index (χ2n) is 7.57. The molecule has 29 heavy (non-hydrogen) atoms. The molecule has 0 saturated carbocycles. The number of amides is 2. The summed E-state index contributed by atoms with van der Waals surface area (Å²) >= 11 is 1.59. The van der Waals surface area contributed by atoms with Gasteiger partial charge in [-0.1, -0.05) is 59.2 Å². The lowest BCUT2D eigenvalue weighted by atomic mass is 10.1. The van der Waals surface area contributed by atoms with Crippen LogP contribution in [-0.4, -0.2) is 35.1 Å². The number of hydrogen-bond donors (Lipinski definition) is 1. The number of aryl methyl sites for hydroxylation is 3. The fourth-order valence-corrected chi connectivity index (χ4v) is 4.25. The quantitative estimate of drug-likeness (QED) is 0.664. The van der Waals surface area contributed by atoms with E-state index in [-0.39, 0.29) is 11.8 Å². The smallest absolute Gasteiger partial charge is 0.242 e. The molecule has 0 aliphatic carbocycles. The highest BCUT2D eigenvalue weighted by molar-refractivity contribution is 7.99. The van der Waals surface area contributed by atoms with Gasteiger partial charge in [-0.2, -0.15) is 0 Å². The minimum atomic E-state index is -0.509. The number of nitrogens with zero attached hydrogens (tertiary/aromatic N) is 1. The van der Waals surface area contributed by atoms with Crippen molar-refractivity contribution in [2.75, 3.05) is 12.3 Å². The topological polar surface area (TPSA) is 49.4 Å². The summed E-state index contributed by atoms with van der Waals surface area (Å²) in [4.78, 5) is 27.1. The van der Waals surface area contributed by atoms with Crippen molar-refractivity contribution in [1.29, 1.82) is 0 Å². The van der Waals surface area contributed by atoms with E-state index in [1.54, 1.807) is 23.6 Å². The highest BCUT2D eigenvalue weighted by Crippen LogP contribution is 2.18. The van der Waals surface area contributed by atoms with Crippen molar-refractivity contribution >= 4 is 23.6 Å². The molecule has 0 saturated heterocycles. The van der Waals surface area contributed by atoms with E-state index < -0.39 is 6.04 Å². The number of rotatable bonds is 9. The molecule has 4 nitrogen and oxygen atoms in total. The van der Waals surface area contributed by atoms with Gasteiger partial charge < -0.3 is 10.2 Å². The van der Waals surface area contributed by atoms with Gasteiger partial charge in [0, 0.05) is 18.8 Å². The number of carbonyl (C=O) groups excluding carboxylic acids is 2. The van der Waals surface area contributed by atoms with Crippen LogP contribution in [0.2, 0.25) is 0 Å². The van der Waals surface area contributed by atoms with Gasteiger partial charge in [-0.15, -0.1) is 11.8 Å². The highest BCUT2D eigenvalue weighted by atomic mass is 32.2. The summed E-state index contributed by atoms with van der Waals surface area (Å²) in [5.41, 5.74) is 5.87. The number of nitrogens with one attached hydrogen (secondary N) is 1. The second kappa shape index (κ2) is 11.1. The molecule has 0 radical (unpaired) electrons. The molecular weight excluding hydrogens is 380 g/mol. The first-order valence-electron chi connectivity index (χ1n) is 10.1. The number of likely N-dealkylation sites (N-methyl/N-ethyl adjacent to an activating group) is 1. The number of thioether (sulfide) groups is 1. The number of benzene rings is 2. The number of hydrogen-bond acceptors (Lipinski definition) is 3. The summed E-state index contributed by atoms with van der Waals surface area (Å²) in [5.74, 6) is 0.998. The van der Waals surface area contributed by atoms with Gasteiger partial charge in [-0.3, -0.25) is 9.59 Å². The zero-order valence-corrected chi connectivity index (χ0v) is 18.9. The van der Waals surface area contributed by atoms with Crippen molar-refractivity contribution in [3.05, 3.63) is 70.3 Å². The monoisotopic (exact) mass is 412 g/mol. The van der Waals surface area contributed by atoms with Gasteiger partial charge in [0.2, 0.25) is 11.8 Å². The van der Waals surface area contributed by atoms with Gasteiger partial charge >= 0.3 is 0 Å². The van der Waals surface area contributed by atoms with Gasteiger partial charge in [-0.05, 0) is 45.7 Å². The van der Waals surface area contributed by atoms with E-state index in [0.29, 0.717) is 18.8 Å². The predicted molar refractivity (Wildman–Crippen MR) is 122 cm³/mol. The molecule has 0 aromatic heterocycles. The van der Waals surface area contributed by atoms with E-state index in [1.165, 1.54) is 16.7 Å². The van der Waals surface area contributed by atoms with E-state index in [1.807, 2.05) is 32.0 Å². The van der Waals surface area contributed by atoms with Crippen LogP contribution in [0.5, 0.6) is 0 Å². The molecule has 1 atom stereocenters. The molecule has 0 spiro atoms. The van der Waals surface area contributed by atoms with E-state index >= 15 is 0 Å². The fraction of sp³-hybridized carbons (Fsp3) is 0.417. The molecule has 2 amide bonds. The van der Waals surface area contributed by atoms with Gasteiger partial charge in [0.15, 0.2) is 0 Å². The van der Waals surface area contributed by atoms with E-state index in [0.717, 1.165) is 16.9 Å². The molecular formula is C24H32N2O2S. The Hall–Kier alpha value is -2.27. The Kier molecular flexibility index (Phi) is 8.77. The Morgan fingerprint density at radius 2 is 1.66 bits per heavy atom. The molecule has 2 aromatic rings. The standard InChI is InChI=1S/C24H32N2O2S/c1-6-25-24(28)20(5)26(14-21-9-7-8-17(2)11-21)23(27)16-29-15-22-12-18(3)10-19(4)13-22/h7-13,20H,6,14-16H2,1-5H3,(H,25,28). The molecule has 0 fully saturated rings. The first-order chi connectivity index (χ1) is 13.8. The summed E-state index contributed by atoms with van der Waals surface area (Å²) in [6.45, 7) is 10.9. The van der Waals surface area contributed by atoms with Crippen molar-refractivity contribution in [3.8, 4) is 0 Å². The molecule has 0 heterocycles. The largest absolute Gasteiger partial charge is 0.355 e. The van der Waals surface area contributed by atoms with Crippen LogP contribution < -0.4 is 5.32 Å². The van der Waals surface area contributed by atoms with Crippen LogP contribution in [0.25, 0.3) is 0 Å². The Bertz CT molecular complexity index is 830. The fourth-order valence-electron chi connectivity index (χ4n) is 3.40. The van der Waals surface area contributed by atoms with E-state index in [9.17, 15) is 9.59 Å². The first kappa shape index (κ1) is 23.0. The van der Waals surface area contributed by atoms with E-state index in [2.05, 4.69) is 43.4 Å². The summed E-state index contributed by atoms with van der Waals surface area (Å²) in [6.07, 6.45) is 0. The van der Waals surface area contributed by atoms with Crippen molar-refractivity contribution in [2.45, 2.75) is 53.0 Å². The van der Waals surface area contributed by atoms with Crippen LogP contribution in [0.4, 0.5) is 0 Å². The van der Waals surface area contributed by atoms with Crippen molar-refractivity contribution in [2.24, 2.45) is 0 Å². The van der Waals surface area contributed by atoms with Crippen LogP contribution in [-0.2, 0) is 21.9 Å². The van der Waals surface area contributed by atoms with Gasteiger partial charge in [-0.25, -0.2) is 0 Å². The maximum atomic E-state index is 13.0. The molecule has 1 unspecified atom stereocenters. The van der Waals surface area contributed by atoms with Crippen LogP contribution in [0.15, 0.2) is 42.5 Å². The third-order valence-electron chi connectivity index (χ3n) is 4.73. The average Bonchev–Trinajstić information content (AvgIpc) is 2.65. The summed E-state index contributed by atoms with van der Waals surface area (Å²) in [7, 11) is 0. The summed E-state index contributed by atoms with van der Waals surface area (Å²) < 4.78 is 0. The van der Waals surface area contributed by atoms with Crippen LogP contribution >= 0.6 is 11.8 Å². The highest BCUT2D eigenvalue weighted by Gasteiger charge is 2.25. The lowest BCUT2D eigenvalue weighted by Gasteiger charge is -2.28. The maximum Gasteiger partial charge on any atom is 0.242 e. The molecule has 2 aromatic carbocycles. The first-order valence-corrected chi connectivity index (χ1v) is 11.2. The predicted octanol–water partition coefficient (Wildman–Crippen LogP) is 4.40. The Balaban J connectivity index is 2.07. The lowest BCUT2D eigenvalue weighted by Crippen LogP contribution is -2.48. The molecule has 0 bridgehead atoms. The normalized spacial score (nSPS) is 11.8. The van der Waals surface area contributed by atoms with Crippen LogP contribution in [0, 0.1) is 20.8 Å². The summed E-state index contributed by atoms with van der Waals surface area (Å²) in [5, 5.41) is 2.83. The Morgan fingerprint density at radius 3 is 2.28 bits per heavy atom. The third-order valence-corrected chi connectivity index (χ3v) is 5.72. The zero-order valence-electron chi connectivity index (χ0n) is 18.1. The molecule has 2 rings (SSSR count). The van der Waals surface area contributed by atoms with Crippen molar-refractivity contribution < 1.29 is 9.59 Å². The molecule has 156 valence electrons. The lowest BCUT2D eigenvalue weighted by molar-refractivity contribution is -0.138. The summed E-state index contributed by atoms with van der Waals surface area (Å²) in [6, 6.07) is 14.0. The minimum absolute atomic E-state index is 0.0142. The average molecular weight is 413 g/mol. The molecule has 1 N–H and O–H groups in total. The molecule has 5 heteroatoms. The maximum absolute atomic E-state index is 13.0. The van der Waals surface area contributed by atoms with Gasteiger partial charge in [0.1, 0.15) is 6.04 Å². The molecule has 0 aliphatic rings. The SMILES string of the molecule is CCNC(=O)C(C)N(Cc1cccc(C)c1)C(=O)CSCc1cc(C)cc(C)c1. The van der Waals surface area contributed by atoms with Crippen LogP contribution in [0.3, 0.4) is 0 Å². The second-order valence-corrected chi connectivity index (χ2v) is 8.56.